The molecule has 164 valence electrons. The quantitative estimate of drug-likeness (QED) is 0.142. The van der Waals surface area contributed by atoms with Gasteiger partial charge in [-0.15, -0.1) is 0 Å². The highest BCUT2D eigenvalue weighted by atomic mass is 16.4. The number of carbonyl (C=O) groups excluding carboxylic acids is 4. The molecule has 0 aromatic heterocycles. The van der Waals surface area contributed by atoms with E-state index >= 15 is 0 Å². The van der Waals surface area contributed by atoms with Gasteiger partial charge in [0.2, 0.25) is 23.6 Å². The molecular formula is C15H25N5O9. The van der Waals surface area contributed by atoms with Crippen LogP contribution in [0.15, 0.2) is 0 Å². The molecule has 0 aromatic rings. The van der Waals surface area contributed by atoms with E-state index in [1.165, 1.54) is 6.92 Å². The van der Waals surface area contributed by atoms with Crippen molar-refractivity contribution in [2.24, 2.45) is 11.5 Å². The Hall–Kier alpha value is -3.26. The summed E-state index contributed by atoms with van der Waals surface area (Å²) in [7, 11) is 0. The second kappa shape index (κ2) is 12.2. The zero-order chi connectivity index (χ0) is 22.7. The van der Waals surface area contributed by atoms with Crippen LogP contribution in [0.4, 0.5) is 0 Å². The Morgan fingerprint density at radius 1 is 0.897 bits per heavy atom. The predicted molar refractivity (Wildman–Crippen MR) is 94.8 cm³/mol. The molecular weight excluding hydrogens is 394 g/mol. The van der Waals surface area contributed by atoms with Crippen molar-refractivity contribution in [3.63, 3.8) is 0 Å². The van der Waals surface area contributed by atoms with Gasteiger partial charge in [-0.3, -0.25) is 24.0 Å². The van der Waals surface area contributed by atoms with Gasteiger partial charge in [0, 0.05) is 6.42 Å². The zero-order valence-corrected chi connectivity index (χ0v) is 15.6. The number of primary amides is 1. The summed E-state index contributed by atoms with van der Waals surface area (Å²) in [6.45, 7) is 0.340. The Kier molecular flexibility index (Phi) is 10.9. The first-order valence-electron chi connectivity index (χ1n) is 8.39. The lowest BCUT2D eigenvalue weighted by molar-refractivity contribution is -0.147. The van der Waals surface area contributed by atoms with Gasteiger partial charge in [-0.2, -0.15) is 0 Å². The van der Waals surface area contributed by atoms with E-state index in [9.17, 15) is 33.9 Å². The van der Waals surface area contributed by atoms with E-state index in [1.807, 2.05) is 5.32 Å². The molecule has 0 aliphatic rings. The first kappa shape index (κ1) is 25.7. The van der Waals surface area contributed by atoms with E-state index in [-0.39, 0.29) is 12.8 Å². The van der Waals surface area contributed by atoms with Crippen molar-refractivity contribution in [2.45, 2.75) is 50.4 Å². The van der Waals surface area contributed by atoms with Gasteiger partial charge in [0.15, 0.2) is 0 Å². The number of amides is 4. The molecule has 0 rings (SSSR count). The molecule has 14 nitrogen and oxygen atoms in total. The fourth-order valence-electron chi connectivity index (χ4n) is 1.95. The number of rotatable bonds is 13. The summed E-state index contributed by atoms with van der Waals surface area (Å²) in [5.74, 6) is -6.52. The monoisotopic (exact) mass is 419 g/mol. The average molecular weight is 419 g/mol. The van der Waals surface area contributed by atoms with Crippen LogP contribution in [0.2, 0.25) is 0 Å². The average Bonchev–Trinajstić information content (AvgIpc) is 2.62. The van der Waals surface area contributed by atoms with Crippen molar-refractivity contribution in [1.29, 1.82) is 0 Å². The van der Waals surface area contributed by atoms with Crippen LogP contribution in [0.1, 0.15) is 26.2 Å². The smallest absolute Gasteiger partial charge is 0.326 e. The molecule has 0 aliphatic carbocycles. The molecule has 4 amide bonds. The van der Waals surface area contributed by atoms with Gasteiger partial charge in [0.1, 0.15) is 18.1 Å². The highest BCUT2D eigenvalue weighted by molar-refractivity contribution is 5.94. The third-order valence-corrected chi connectivity index (χ3v) is 3.60. The van der Waals surface area contributed by atoms with Crippen molar-refractivity contribution < 1.29 is 44.1 Å². The molecule has 0 heterocycles. The van der Waals surface area contributed by atoms with Crippen LogP contribution in [-0.2, 0) is 28.8 Å². The van der Waals surface area contributed by atoms with Gasteiger partial charge in [-0.05, 0) is 13.3 Å². The largest absolute Gasteiger partial charge is 0.481 e. The predicted octanol–water partition coefficient (Wildman–Crippen LogP) is -4.39. The molecule has 4 atom stereocenters. The van der Waals surface area contributed by atoms with Crippen LogP contribution >= 0.6 is 0 Å². The van der Waals surface area contributed by atoms with Crippen molar-refractivity contribution in [3.05, 3.63) is 0 Å². The summed E-state index contributed by atoms with van der Waals surface area (Å²) >= 11 is 0. The van der Waals surface area contributed by atoms with Gasteiger partial charge < -0.3 is 42.7 Å². The molecule has 0 fully saturated rings. The molecule has 14 heteroatoms. The normalized spacial score (nSPS) is 14.6. The number of hydrogen-bond donors (Lipinski definition) is 8. The Balaban J connectivity index is 4.80. The van der Waals surface area contributed by atoms with Crippen molar-refractivity contribution in [3.8, 4) is 0 Å². The third-order valence-electron chi connectivity index (χ3n) is 3.60. The summed E-state index contributed by atoms with van der Waals surface area (Å²) in [4.78, 5) is 68.3. The highest BCUT2D eigenvalue weighted by Gasteiger charge is 2.28. The van der Waals surface area contributed by atoms with Gasteiger partial charge >= 0.3 is 11.9 Å². The first-order chi connectivity index (χ1) is 13.4. The molecule has 0 aromatic carbocycles. The second-order valence-corrected chi connectivity index (χ2v) is 6.08. The van der Waals surface area contributed by atoms with Crippen LogP contribution in [-0.4, -0.2) is 81.7 Å². The Morgan fingerprint density at radius 3 is 1.90 bits per heavy atom. The fraction of sp³-hybridized carbons (Fsp3) is 0.600. The standard InChI is InChI=1S/C15H25N5O9/c1-6(12(25)19-8(15(28)29)4-11(23)24)18-14(27)9(5-21)20-13(26)7(16)2-3-10(17)22/h6-9,21H,2-5,16H2,1H3,(H2,17,22)(H,18,27)(H,19,25)(H,20,26)(H,23,24)(H,28,29). The summed E-state index contributed by atoms with van der Waals surface area (Å²) in [6.07, 6.45) is -1.12. The minimum Gasteiger partial charge on any atom is -0.481 e. The topological polar surface area (TPSA) is 251 Å². The van der Waals surface area contributed by atoms with E-state index in [1.54, 1.807) is 0 Å². The molecule has 29 heavy (non-hydrogen) atoms. The molecule has 0 saturated carbocycles. The number of aliphatic hydroxyl groups is 1. The summed E-state index contributed by atoms with van der Waals surface area (Å²) in [5, 5.41) is 33.1. The number of nitrogens with one attached hydrogen (secondary N) is 3. The first-order valence-corrected chi connectivity index (χ1v) is 8.39. The van der Waals surface area contributed by atoms with Crippen LogP contribution in [0.5, 0.6) is 0 Å². The molecule has 0 aliphatic heterocycles. The Labute approximate surface area is 165 Å². The minimum atomic E-state index is -1.71. The van der Waals surface area contributed by atoms with Crippen LogP contribution in [0, 0.1) is 0 Å². The van der Waals surface area contributed by atoms with Gasteiger partial charge in [-0.1, -0.05) is 0 Å². The van der Waals surface area contributed by atoms with E-state index in [0.717, 1.165) is 0 Å². The number of aliphatic hydroxyl groups excluding tert-OH is 1. The van der Waals surface area contributed by atoms with Crippen LogP contribution in [0.3, 0.4) is 0 Å². The fourth-order valence-corrected chi connectivity index (χ4v) is 1.95. The van der Waals surface area contributed by atoms with Gasteiger partial charge in [0.25, 0.3) is 0 Å². The number of carboxylic acids is 2. The summed E-state index contributed by atoms with van der Waals surface area (Å²) in [6, 6.07) is -5.67. The maximum atomic E-state index is 12.1. The third kappa shape index (κ3) is 10.0. The lowest BCUT2D eigenvalue weighted by Crippen LogP contribution is -2.57. The molecule has 10 N–H and O–H groups in total. The molecule has 0 radical (unpaired) electrons. The minimum absolute atomic E-state index is 0.0834. The second-order valence-electron chi connectivity index (χ2n) is 6.08. The maximum absolute atomic E-state index is 12.1. The molecule has 0 bridgehead atoms. The number of carboxylic acid groups (broad SMARTS) is 2. The van der Waals surface area contributed by atoms with E-state index in [0.29, 0.717) is 0 Å². The lowest BCUT2D eigenvalue weighted by Gasteiger charge is -2.22. The van der Waals surface area contributed by atoms with Crippen molar-refractivity contribution in [1.82, 2.24) is 16.0 Å². The van der Waals surface area contributed by atoms with Crippen molar-refractivity contribution in [2.75, 3.05) is 6.61 Å². The number of hydrogen-bond acceptors (Lipinski definition) is 8. The van der Waals surface area contributed by atoms with Gasteiger partial charge in [-0.25, -0.2) is 4.79 Å². The van der Waals surface area contributed by atoms with Crippen molar-refractivity contribution >= 4 is 35.6 Å². The number of carbonyl (C=O) groups is 6. The molecule has 0 saturated heterocycles. The highest BCUT2D eigenvalue weighted by Crippen LogP contribution is 1.97. The van der Waals surface area contributed by atoms with Crippen LogP contribution in [0.25, 0.3) is 0 Å². The summed E-state index contributed by atoms with van der Waals surface area (Å²) < 4.78 is 0. The van der Waals surface area contributed by atoms with Crippen LogP contribution < -0.4 is 27.4 Å². The number of nitrogens with two attached hydrogens (primary N) is 2. The maximum Gasteiger partial charge on any atom is 0.326 e. The van der Waals surface area contributed by atoms with E-state index in [4.69, 9.17) is 21.7 Å². The molecule has 0 spiro atoms. The van der Waals surface area contributed by atoms with E-state index in [2.05, 4.69) is 10.6 Å². The lowest BCUT2D eigenvalue weighted by atomic mass is 10.1. The van der Waals surface area contributed by atoms with E-state index < -0.39 is 72.8 Å². The Morgan fingerprint density at radius 2 is 1.45 bits per heavy atom. The Bertz CT molecular complexity index is 654. The summed E-state index contributed by atoms with van der Waals surface area (Å²) in [5.41, 5.74) is 10.5. The zero-order valence-electron chi connectivity index (χ0n) is 15.6. The van der Waals surface area contributed by atoms with Gasteiger partial charge in [0.05, 0.1) is 19.1 Å². The molecule has 4 unspecified atom stereocenters. The SMILES string of the molecule is CC(NC(=O)C(CO)NC(=O)C(N)CCC(N)=O)C(=O)NC(CC(=O)O)C(=O)O. The number of aliphatic carboxylic acids is 2.